The van der Waals surface area contributed by atoms with Gasteiger partial charge in [0.15, 0.2) is 17.5 Å². The quantitative estimate of drug-likeness (QED) is 0.0683. The van der Waals surface area contributed by atoms with Crippen LogP contribution in [0.2, 0.25) is 0 Å². The highest BCUT2D eigenvalue weighted by Crippen LogP contribution is 2.35. The number of alkyl halides is 9. The molecule has 0 saturated heterocycles. The van der Waals surface area contributed by atoms with Crippen LogP contribution < -0.4 is 0 Å². The second kappa shape index (κ2) is 33.1. The molecule has 478 valence electrons. The highest BCUT2D eigenvalue weighted by Gasteiger charge is 2.33. The SMILES string of the molecule is CC(C)COC(=O)Cl.Cc1cc(-c2ncn(/C=C(/C(=O)N(C)C)c3ccncc3)n2)cc(C(F)(F)F)c1.Cc1cc(-c2ncn(/C=C(\Br)C(=O)N(C)C)n2)cc(C(F)(F)F)c1.Cc1cc(-c2ncn(/C=C(\Br)C(=O)O)n2)cc(C(F)(F)F)c1.Cc1ccncc1. The molecule has 31 heteroatoms. The first-order chi connectivity index (χ1) is 41.9. The summed E-state index contributed by atoms with van der Waals surface area (Å²) >= 11 is 10.8. The number of hydrogen-bond acceptors (Lipinski definition) is 13. The molecule has 2 amide bonds. The standard InChI is InChI=1S/C20H18F3N5O.C15H14BrF3N4O.C13H9BrF3N3O2.C6H7N.C5H9ClO2/c1-13-8-15(10-16(9-13)20(21,22)23)18-25-12-28(26-18)11-17(19(29)27(2)3)14-4-6-24-7-5-14;1-9-4-10(6-11(5-9)15(17,18)19)13-20-8-23(21-13)7-12(16)14(24)22(2)3;1-7-2-8(4-9(3-7)13(15,16)17)11-18-6-20(19-11)5-10(14)12(21)22;1-6-2-4-7-5-3-6;1-4(2)3-8-5(6)7/h4-12H,1-3H3;4-8H,1-3H3;2-6H,1H3,(H,21,22);2-5H,1H3;4H,3H2,1-2H3/b17-11+;12-7-;10-5-;;. The molecule has 0 atom stereocenters. The molecule has 0 aliphatic carbocycles. The third-order valence-corrected chi connectivity index (χ3v) is 12.3. The highest BCUT2D eigenvalue weighted by molar-refractivity contribution is 9.12. The maximum atomic E-state index is 13.1. The van der Waals surface area contributed by atoms with Gasteiger partial charge in [0.05, 0.1) is 41.3 Å². The van der Waals surface area contributed by atoms with Gasteiger partial charge >= 0.3 is 29.9 Å². The summed E-state index contributed by atoms with van der Waals surface area (Å²) in [6.07, 6.45) is 1.20. The number of hydrogen-bond donors (Lipinski definition) is 1. The molecule has 0 aliphatic heterocycles. The monoisotopic (exact) mass is 1410 g/mol. The Balaban J connectivity index is 0.000000259. The van der Waals surface area contributed by atoms with Crippen LogP contribution >= 0.6 is 43.5 Å². The van der Waals surface area contributed by atoms with Crippen LogP contribution in [0.15, 0.2) is 132 Å². The predicted octanol–water partition coefficient (Wildman–Crippen LogP) is 14.3. The van der Waals surface area contributed by atoms with Gasteiger partial charge in [-0.3, -0.25) is 19.6 Å². The Morgan fingerprint density at radius 3 is 1.18 bits per heavy atom. The largest absolute Gasteiger partial charge is 0.477 e. The van der Waals surface area contributed by atoms with Crippen molar-refractivity contribution in [2.24, 2.45) is 5.92 Å². The summed E-state index contributed by atoms with van der Waals surface area (Å²) < 4.78 is 125. The van der Waals surface area contributed by atoms with Crippen molar-refractivity contribution in [3.63, 3.8) is 0 Å². The van der Waals surface area contributed by atoms with Crippen LogP contribution in [0, 0.1) is 33.6 Å². The zero-order valence-corrected chi connectivity index (χ0v) is 53.3. The average molecular weight is 1410 g/mol. The summed E-state index contributed by atoms with van der Waals surface area (Å²) in [5.74, 6) is -1.05. The zero-order chi connectivity index (χ0) is 67.4. The van der Waals surface area contributed by atoms with Crippen molar-refractivity contribution < 1.29 is 68.5 Å². The summed E-state index contributed by atoms with van der Waals surface area (Å²) in [4.78, 5) is 67.5. The lowest BCUT2D eigenvalue weighted by molar-refractivity contribution is -0.138. The smallest absolute Gasteiger partial charge is 0.416 e. The maximum Gasteiger partial charge on any atom is 0.416 e. The Morgan fingerprint density at radius 1 is 0.544 bits per heavy atom. The number of nitrogens with zero attached hydrogens (tertiary/aromatic N) is 13. The Kier molecular flexibility index (Phi) is 27.0. The van der Waals surface area contributed by atoms with E-state index in [1.807, 2.05) is 32.9 Å². The molecule has 0 aliphatic rings. The molecule has 0 radical (unpaired) electrons. The van der Waals surface area contributed by atoms with Crippen molar-refractivity contribution in [2.75, 3.05) is 34.8 Å². The molecule has 0 fully saturated rings. The predicted molar refractivity (Wildman–Crippen MR) is 326 cm³/mol. The number of amides is 2. The van der Waals surface area contributed by atoms with Gasteiger partial charge in [0.2, 0.25) is 0 Å². The van der Waals surface area contributed by atoms with Crippen LogP contribution in [-0.2, 0) is 37.6 Å². The van der Waals surface area contributed by atoms with Gasteiger partial charge in [-0.05, 0) is 172 Å². The number of aromatic nitrogens is 11. The van der Waals surface area contributed by atoms with Gasteiger partial charge < -0.3 is 19.6 Å². The van der Waals surface area contributed by atoms with Gasteiger partial charge in [-0.15, -0.1) is 15.3 Å². The Morgan fingerprint density at radius 2 is 0.889 bits per heavy atom. The minimum Gasteiger partial charge on any atom is -0.477 e. The van der Waals surface area contributed by atoms with Gasteiger partial charge in [0, 0.05) is 87.5 Å². The summed E-state index contributed by atoms with van der Waals surface area (Å²) in [7, 11) is 6.43. The second-order valence-electron chi connectivity index (χ2n) is 19.8. The van der Waals surface area contributed by atoms with E-state index in [9.17, 15) is 58.7 Å². The number of ether oxygens (including phenoxy) is 1. The lowest BCUT2D eigenvalue weighted by Gasteiger charge is -2.13. The van der Waals surface area contributed by atoms with Gasteiger partial charge in [0.25, 0.3) is 11.8 Å². The molecule has 8 aromatic rings. The first-order valence-corrected chi connectivity index (χ1v) is 27.9. The molecule has 90 heavy (non-hydrogen) atoms. The van der Waals surface area contributed by atoms with Crippen molar-refractivity contribution in [3.8, 4) is 34.2 Å². The normalized spacial score (nSPS) is 11.8. The Hall–Kier alpha value is -8.90. The second-order valence-corrected chi connectivity index (χ2v) is 21.8. The van der Waals surface area contributed by atoms with Crippen LogP contribution in [0.5, 0.6) is 0 Å². The van der Waals surface area contributed by atoms with E-state index in [0.29, 0.717) is 40.4 Å². The summed E-state index contributed by atoms with van der Waals surface area (Å²) in [5, 5.41) is 21.0. The third kappa shape index (κ3) is 24.2. The summed E-state index contributed by atoms with van der Waals surface area (Å²) in [6, 6.07) is 18.1. The van der Waals surface area contributed by atoms with Crippen LogP contribution in [0.25, 0.3) is 58.3 Å². The maximum absolute atomic E-state index is 13.1. The molecule has 3 aromatic carbocycles. The molecule has 0 spiro atoms. The van der Waals surface area contributed by atoms with Gasteiger partial charge in [-0.1, -0.05) is 13.8 Å². The Bertz CT molecular complexity index is 3830. The number of pyridine rings is 2. The number of carbonyl (C=O) groups excluding carboxylic acids is 3. The van der Waals surface area contributed by atoms with E-state index in [2.05, 4.69) is 76.8 Å². The van der Waals surface area contributed by atoms with Crippen molar-refractivity contribution in [2.45, 2.75) is 60.1 Å². The first-order valence-electron chi connectivity index (χ1n) is 25.9. The molecule has 5 aromatic heterocycles. The number of halogens is 12. The molecule has 0 unspecified atom stereocenters. The van der Waals surface area contributed by atoms with E-state index in [-0.39, 0.29) is 54.9 Å². The van der Waals surface area contributed by atoms with Crippen LogP contribution in [0.1, 0.15) is 58.4 Å². The Labute approximate surface area is 531 Å². The van der Waals surface area contributed by atoms with E-state index < -0.39 is 46.6 Å². The van der Waals surface area contributed by atoms with Crippen molar-refractivity contribution in [1.82, 2.24) is 64.1 Å². The molecule has 19 nitrogen and oxygen atoms in total. The number of benzene rings is 3. The lowest BCUT2D eigenvalue weighted by atomic mass is 10.1. The molecule has 0 saturated carbocycles. The highest BCUT2D eigenvalue weighted by atomic mass is 79.9. The van der Waals surface area contributed by atoms with Crippen LogP contribution in [0.3, 0.4) is 0 Å². The number of aryl methyl sites for hydroxylation is 4. The molecule has 8 rings (SSSR count). The minimum absolute atomic E-state index is 0.0659. The summed E-state index contributed by atoms with van der Waals surface area (Å²) in [5.41, 5.74) is 1.22. The first kappa shape index (κ1) is 73.6. The number of rotatable bonds is 12. The van der Waals surface area contributed by atoms with Crippen LogP contribution in [0.4, 0.5) is 44.3 Å². The number of carbonyl (C=O) groups is 4. The lowest BCUT2D eigenvalue weighted by Crippen LogP contribution is -2.23. The van der Waals surface area contributed by atoms with Gasteiger partial charge in [0.1, 0.15) is 27.9 Å². The topological polar surface area (TPSA) is 222 Å². The fourth-order valence-corrected chi connectivity index (χ4v) is 7.85. The van der Waals surface area contributed by atoms with E-state index in [1.165, 1.54) is 69.1 Å². The average Bonchev–Trinajstić information content (AvgIpc) is 1.63. The van der Waals surface area contributed by atoms with Crippen molar-refractivity contribution in [1.29, 1.82) is 0 Å². The molecular formula is C59H57Br2ClF9N13O6. The van der Waals surface area contributed by atoms with E-state index in [1.54, 1.807) is 91.1 Å². The number of carboxylic acid groups (broad SMARTS) is 1. The van der Waals surface area contributed by atoms with Crippen molar-refractivity contribution >= 4 is 90.8 Å². The zero-order valence-electron chi connectivity index (χ0n) is 49.4. The van der Waals surface area contributed by atoms with E-state index >= 15 is 0 Å². The molecule has 1 N–H and O–H groups in total. The van der Waals surface area contributed by atoms with Crippen LogP contribution in [-0.4, -0.2) is 127 Å². The van der Waals surface area contributed by atoms with Gasteiger partial charge in [-0.25, -0.2) is 38.6 Å². The number of carboxylic acids is 1. The fraction of sp³-hybridized carbons (Fsp3) is 0.254. The van der Waals surface area contributed by atoms with Gasteiger partial charge in [-0.2, -0.15) is 39.5 Å². The minimum atomic E-state index is -4.46. The van der Waals surface area contributed by atoms with E-state index in [0.717, 1.165) is 47.3 Å². The number of aliphatic carboxylic acids is 1. The number of likely N-dealkylation sites (N-methyl/N-ethyl adjacent to an activating group) is 2. The van der Waals surface area contributed by atoms with Crippen molar-refractivity contribution in [3.05, 3.63) is 176 Å². The third-order valence-electron chi connectivity index (χ3n) is 11.1. The molecule has 5 heterocycles. The molecule has 0 bridgehead atoms. The fourth-order valence-electron chi connectivity index (χ4n) is 7.01. The van der Waals surface area contributed by atoms with E-state index in [4.69, 9.17) is 16.7 Å². The summed E-state index contributed by atoms with van der Waals surface area (Å²) in [6.45, 7) is 11.0. The molecular weight excluding hydrogens is 1350 g/mol.